The predicted molar refractivity (Wildman–Crippen MR) is 238 cm³/mol. The molecule has 0 radical (unpaired) electrons. The molecule has 4 nitrogen and oxygen atoms in total. The maximum atomic E-state index is 5.10. The fourth-order valence-electron chi connectivity index (χ4n) is 7.77. The van der Waals surface area contributed by atoms with Crippen LogP contribution in [0, 0.1) is 0 Å². The molecule has 0 aliphatic heterocycles. The molecule has 0 saturated carbocycles. The van der Waals surface area contributed by atoms with Crippen LogP contribution in [0.3, 0.4) is 0 Å². The van der Waals surface area contributed by atoms with Crippen molar-refractivity contribution in [3.63, 3.8) is 0 Å². The first-order valence-electron chi connectivity index (χ1n) is 18.6. The summed E-state index contributed by atoms with van der Waals surface area (Å²) in [6, 6.07) is 69.2. The van der Waals surface area contributed by atoms with E-state index in [0.29, 0.717) is 0 Å². The van der Waals surface area contributed by atoms with E-state index in [0.717, 1.165) is 64.3 Å². The van der Waals surface area contributed by atoms with Gasteiger partial charge in [-0.15, -0.1) is 22.7 Å². The first-order valence-corrected chi connectivity index (χ1v) is 20.3. The zero-order valence-electron chi connectivity index (χ0n) is 30.1. The Balaban J connectivity index is 1.01. The maximum absolute atomic E-state index is 5.10. The summed E-state index contributed by atoms with van der Waals surface area (Å²) in [6.45, 7) is 0. The number of rotatable bonds is 7. The van der Waals surface area contributed by atoms with Gasteiger partial charge in [0.25, 0.3) is 0 Å². The van der Waals surface area contributed by atoms with E-state index >= 15 is 0 Å². The van der Waals surface area contributed by atoms with E-state index in [1.165, 1.54) is 32.9 Å². The van der Waals surface area contributed by atoms with Gasteiger partial charge >= 0.3 is 0 Å². The maximum Gasteiger partial charge on any atom is 0.124 e. The van der Waals surface area contributed by atoms with Gasteiger partial charge in [0.15, 0.2) is 0 Å². The van der Waals surface area contributed by atoms with Gasteiger partial charge in [-0.3, -0.25) is 0 Å². The molecule has 0 aliphatic rings. The molecule has 3 heterocycles. The van der Waals surface area contributed by atoms with Gasteiger partial charge in [-0.25, -0.2) is 9.97 Å². The zero-order valence-corrected chi connectivity index (χ0v) is 31.7. The molecule has 0 fully saturated rings. The molecule has 0 unspecified atom stereocenters. The number of fused-ring (bicyclic) bond motifs is 5. The lowest BCUT2D eigenvalue weighted by atomic mass is 10.0. The second-order valence-electron chi connectivity index (χ2n) is 13.9. The highest BCUT2D eigenvalue weighted by molar-refractivity contribution is 7.22. The standard InChI is InChI=1S/C50H32N4S2/c1-4-12-34(13-5-1)49-51-43-27-25-40(32-48(43)56-49)53(39-26-29-47-44(31-39)52-50(55-47)35-14-6-2-7-15-35)38-23-20-33(21-24-38)36-22-28-46-42(30-36)41-18-10-11-19-45(41)54(46)37-16-8-3-9-17-37/h1-32H. The van der Waals surface area contributed by atoms with Gasteiger partial charge in [-0.05, 0) is 90.0 Å². The monoisotopic (exact) mass is 752 g/mol. The molecule has 3 aromatic heterocycles. The van der Waals surface area contributed by atoms with E-state index in [2.05, 4.69) is 191 Å². The minimum Gasteiger partial charge on any atom is -0.310 e. The third kappa shape index (κ3) is 5.66. The normalized spacial score (nSPS) is 11.6. The number of para-hydroxylation sites is 2. The Bertz CT molecular complexity index is 3070. The Labute approximate surface area is 331 Å². The van der Waals surface area contributed by atoms with Crippen molar-refractivity contribution in [1.29, 1.82) is 0 Å². The lowest BCUT2D eigenvalue weighted by Crippen LogP contribution is -2.09. The molecule has 8 aromatic carbocycles. The van der Waals surface area contributed by atoms with Crippen molar-refractivity contribution in [2.45, 2.75) is 0 Å². The summed E-state index contributed by atoms with van der Waals surface area (Å²) < 4.78 is 4.67. The first-order chi connectivity index (χ1) is 27.7. The molecular weight excluding hydrogens is 721 g/mol. The van der Waals surface area contributed by atoms with Crippen LogP contribution in [0.4, 0.5) is 17.1 Å². The lowest BCUT2D eigenvalue weighted by molar-refractivity contribution is 1.18. The van der Waals surface area contributed by atoms with Gasteiger partial charge in [-0.2, -0.15) is 0 Å². The highest BCUT2D eigenvalue weighted by atomic mass is 32.1. The topological polar surface area (TPSA) is 34.0 Å². The Morgan fingerprint density at radius 1 is 0.375 bits per heavy atom. The van der Waals surface area contributed by atoms with E-state index in [4.69, 9.17) is 9.97 Å². The summed E-state index contributed by atoms with van der Waals surface area (Å²) in [5, 5.41) is 4.54. The van der Waals surface area contributed by atoms with E-state index in [9.17, 15) is 0 Å². The summed E-state index contributed by atoms with van der Waals surface area (Å²) in [7, 11) is 0. The molecule has 0 spiro atoms. The zero-order chi connectivity index (χ0) is 37.0. The van der Waals surface area contributed by atoms with Gasteiger partial charge in [0.1, 0.15) is 10.0 Å². The van der Waals surface area contributed by atoms with E-state index in [1.807, 2.05) is 12.1 Å². The largest absolute Gasteiger partial charge is 0.310 e. The van der Waals surface area contributed by atoms with Crippen LogP contribution in [-0.4, -0.2) is 14.5 Å². The number of hydrogen-bond donors (Lipinski definition) is 0. The van der Waals surface area contributed by atoms with Gasteiger partial charge in [0, 0.05) is 44.6 Å². The third-order valence-corrected chi connectivity index (χ3v) is 12.6. The molecule has 0 saturated heterocycles. The lowest BCUT2D eigenvalue weighted by Gasteiger charge is -2.25. The Morgan fingerprint density at radius 3 is 1.70 bits per heavy atom. The van der Waals surface area contributed by atoms with Gasteiger partial charge in [-0.1, -0.05) is 115 Å². The van der Waals surface area contributed by atoms with Crippen molar-refractivity contribution in [3.8, 4) is 38.0 Å². The molecule has 264 valence electrons. The molecule has 0 aliphatic carbocycles. The molecular formula is C50H32N4S2. The van der Waals surface area contributed by atoms with Crippen LogP contribution in [0.15, 0.2) is 194 Å². The fourth-order valence-corrected chi connectivity index (χ4v) is 9.73. The summed E-state index contributed by atoms with van der Waals surface area (Å²) >= 11 is 3.46. The number of hydrogen-bond acceptors (Lipinski definition) is 5. The Hall–Kier alpha value is -6.86. The molecule has 56 heavy (non-hydrogen) atoms. The van der Waals surface area contributed by atoms with Crippen LogP contribution < -0.4 is 4.90 Å². The average Bonchev–Trinajstić information content (AvgIpc) is 3.99. The molecule has 11 aromatic rings. The molecule has 0 atom stereocenters. The number of nitrogens with zero attached hydrogens (tertiary/aromatic N) is 4. The van der Waals surface area contributed by atoms with Crippen LogP contribution in [0.2, 0.25) is 0 Å². The second kappa shape index (κ2) is 13.5. The van der Waals surface area contributed by atoms with Gasteiger partial charge in [0.2, 0.25) is 0 Å². The van der Waals surface area contributed by atoms with E-state index in [1.54, 1.807) is 22.7 Å². The first kappa shape index (κ1) is 32.6. The molecule has 11 rings (SSSR count). The number of aromatic nitrogens is 3. The van der Waals surface area contributed by atoms with Crippen LogP contribution in [0.1, 0.15) is 0 Å². The van der Waals surface area contributed by atoms with Crippen molar-refractivity contribution in [2.24, 2.45) is 0 Å². The van der Waals surface area contributed by atoms with Crippen molar-refractivity contribution >= 4 is 82.0 Å². The fraction of sp³-hybridized carbons (Fsp3) is 0. The third-order valence-electron chi connectivity index (χ3n) is 10.4. The minimum atomic E-state index is 0.987. The van der Waals surface area contributed by atoms with E-state index < -0.39 is 0 Å². The molecule has 0 bridgehead atoms. The predicted octanol–water partition coefficient (Wildman–Crippen LogP) is 14.5. The van der Waals surface area contributed by atoms with Crippen LogP contribution in [-0.2, 0) is 0 Å². The van der Waals surface area contributed by atoms with Crippen LogP contribution in [0.25, 0.3) is 80.2 Å². The van der Waals surface area contributed by atoms with E-state index in [-0.39, 0.29) is 0 Å². The second-order valence-corrected chi connectivity index (χ2v) is 15.9. The highest BCUT2D eigenvalue weighted by Crippen LogP contribution is 2.42. The van der Waals surface area contributed by atoms with Crippen LogP contribution in [0.5, 0.6) is 0 Å². The Morgan fingerprint density at radius 2 is 0.946 bits per heavy atom. The SMILES string of the molecule is c1ccc(-c2nc3cc(N(c4ccc(-c5ccc6c(c5)c5ccccc5n6-c5ccccc5)cc4)c4ccc5nc(-c6ccccc6)sc5c4)ccc3s2)cc1. The summed E-state index contributed by atoms with van der Waals surface area (Å²) in [5.74, 6) is 0. The molecule has 0 amide bonds. The van der Waals surface area contributed by atoms with Gasteiger partial charge < -0.3 is 9.47 Å². The highest BCUT2D eigenvalue weighted by Gasteiger charge is 2.18. The smallest absolute Gasteiger partial charge is 0.124 e. The number of benzene rings is 8. The van der Waals surface area contributed by atoms with Gasteiger partial charge in [0.05, 0.1) is 31.5 Å². The quantitative estimate of drug-likeness (QED) is 0.163. The minimum absolute atomic E-state index is 0.987. The summed E-state index contributed by atoms with van der Waals surface area (Å²) in [4.78, 5) is 12.4. The average molecular weight is 753 g/mol. The number of thiazole rings is 2. The summed E-state index contributed by atoms with van der Waals surface area (Å²) in [5.41, 5.74) is 13.4. The van der Waals surface area contributed by atoms with Crippen molar-refractivity contribution in [3.05, 3.63) is 194 Å². The summed E-state index contributed by atoms with van der Waals surface area (Å²) in [6.07, 6.45) is 0. The Kier molecular flexibility index (Phi) is 7.83. The van der Waals surface area contributed by atoms with Crippen LogP contribution >= 0.6 is 22.7 Å². The van der Waals surface area contributed by atoms with Crippen molar-refractivity contribution in [1.82, 2.24) is 14.5 Å². The molecule has 0 N–H and O–H groups in total. The number of anilines is 3. The van der Waals surface area contributed by atoms with Crippen molar-refractivity contribution < 1.29 is 0 Å². The van der Waals surface area contributed by atoms with Crippen molar-refractivity contribution in [2.75, 3.05) is 4.90 Å². The molecule has 6 heteroatoms.